The molecule has 0 fully saturated rings. The molecule has 0 radical (unpaired) electrons. The summed E-state index contributed by atoms with van der Waals surface area (Å²) >= 11 is 4.35. The Bertz CT molecular complexity index is 339. The van der Waals surface area contributed by atoms with E-state index in [1.54, 1.807) is 6.20 Å². The molecule has 0 amide bonds. The van der Waals surface area contributed by atoms with Crippen molar-refractivity contribution in [2.75, 3.05) is 0 Å². The molecule has 1 unspecified atom stereocenters. The number of aryl methyl sites for hydroxylation is 1. The van der Waals surface area contributed by atoms with Crippen molar-refractivity contribution < 1.29 is 0 Å². The third kappa shape index (κ3) is 2.22. The average Bonchev–Trinajstić information content (AvgIpc) is 2.16. The Morgan fingerprint density at radius 2 is 2.38 bits per heavy atom. The Morgan fingerprint density at radius 1 is 1.69 bits per heavy atom. The number of thiol groups is 1. The summed E-state index contributed by atoms with van der Waals surface area (Å²) in [5.41, 5.74) is 2.69. The van der Waals surface area contributed by atoms with Crippen LogP contribution in [0.1, 0.15) is 35.9 Å². The van der Waals surface area contributed by atoms with Crippen LogP contribution in [0.3, 0.4) is 0 Å². The van der Waals surface area contributed by atoms with E-state index in [1.807, 2.05) is 19.9 Å². The van der Waals surface area contributed by atoms with Gasteiger partial charge < -0.3 is 0 Å². The van der Waals surface area contributed by atoms with Crippen LogP contribution in [0.25, 0.3) is 0 Å². The summed E-state index contributed by atoms with van der Waals surface area (Å²) in [6, 6.07) is 3.94. The minimum atomic E-state index is 0.135. The van der Waals surface area contributed by atoms with Crippen LogP contribution in [-0.4, -0.2) is 4.98 Å². The van der Waals surface area contributed by atoms with Crippen molar-refractivity contribution in [3.05, 3.63) is 29.1 Å². The highest BCUT2D eigenvalue weighted by Crippen LogP contribution is 2.22. The van der Waals surface area contributed by atoms with E-state index in [0.717, 1.165) is 17.7 Å². The number of rotatable bonds is 2. The summed E-state index contributed by atoms with van der Waals surface area (Å²) in [7, 11) is 0. The molecule has 0 aliphatic rings. The first kappa shape index (κ1) is 10.1. The zero-order valence-corrected chi connectivity index (χ0v) is 8.68. The van der Waals surface area contributed by atoms with Crippen molar-refractivity contribution in [2.45, 2.75) is 25.5 Å². The molecule has 0 bridgehead atoms. The second-order valence-corrected chi connectivity index (χ2v) is 3.68. The second-order valence-electron chi connectivity index (χ2n) is 2.90. The van der Waals surface area contributed by atoms with Crippen LogP contribution < -0.4 is 0 Å². The molecule has 3 heteroatoms. The van der Waals surface area contributed by atoms with Gasteiger partial charge in [0.1, 0.15) is 6.07 Å². The topological polar surface area (TPSA) is 36.7 Å². The summed E-state index contributed by atoms with van der Waals surface area (Å²) in [6.07, 6.45) is 2.49. The Kier molecular flexibility index (Phi) is 3.32. The second kappa shape index (κ2) is 4.29. The van der Waals surface area contributed by atoms with Crippen molar-refractivity contribution in [3.8, 4) is 6.07 Å². The quantitative estimate of drug-likeness (QED) is 0.731. The lowest BCUT2D eigenvalue weighted by molar-refractivity contribution is 0.953. The third-order valence-electron chi connectivity index (χ3n) is 1.92. The Labute approximate surface area is 84.0 Å². The highest BCUT2D eigenvalue weighted by atomic mass is 32.1. The maximum atomic E-state index is 8.69. The van der Waals surface area contributed by atoms with Crippen molar-refractivity contribution in [1.82, 2.24) is 4.98 Å². The third-order valence-corrected chi connectivity index (χ3v) is 2.20. The zero-order valence-electron chi connectivity index (χ0n) is 7.78. The fraction of sp³-hybridized carbons (Fsp3) is 0.400. The van der Waals surface area contributed by atoms with Gasteiger partial charge in [-0.15, -0.1) is 0 Å². The Balaban J connectivity index is 3.20. The van der Waals surface area contributed by atoms with Crippen molar-refractivity contribution in [2.24, 2.45) is 0 Å². The molecule has 0 aliphatic heterocycles. The lowest BCUT2D eigenvalue weighted by atomic mass is 10.1. The van der Waals surface area contributed by atoms with E-state index in [4.69, 9.17) is 5.26 Å². The molecule has 1 aromatic rings. The van der Waals surface area contributed by atoms with Gasteiger partial charge in [-0.05, 0) is 25.0 Å². The minimum absolute atomic E-state index is 0.135. The Hall–Kier alpha value is -1.01. The van der Waals surface area contributed by atoms with Crippen molar-refractivity contribution in [1.29, 1.82) is 5.26 Å². The van der Waals surface area contributed by atoms with Crippen LogP contribution in [0.4, 0.5) is 0 Å². The Morgan fingerprint density at radius 3 is 2.85 bits per heavy atom. The lowest BCUT2D eigenvalue weighted by Gasteiger charge is -2.09. The largest absolute Gasteiger partial charge is 0.260 e. The summed E-state index contributed by atoms with van der Waals surface area (Å²) in [4.78, 5) is 4.22. The van der Waals surface area contributed by atoms with Gasteiger partial charge in [-0.1, -0.05) is 6.92 Å². The number of nitrogens with zero attached hydrogens (tertiary/aromatic N) is 2. The molecule has 13 heavy (non-hydrogen) atoms. The van der Waals surface area contributed by atoms with Gasteiger partial charge in [0.15, 0.2) is 0 Å². The summed E-state index contributed by atoms with van der Waals surface area (Å²) in [6.45, 7) is 4.04. The van der Waals surface area contributed by atoms with Gasteiger partial charge in [0.25, 0.3) is 0 Å². The van der Waals surface area contributed by atoms with E-state index in [1.165, 1.54) is 0 Å². The van der Waals surface area contributed by atoms with Crippen LogP contribution in [0, 0.1) is 11.3 Å². The molecule has 1 rings (SSSR count). The van der Waals surface area contributed by atoms with Crippen LogP contribution in [0.5, 0.6) is 0 Å². The average molecular weight is 192 g/mol. The molecule has 0 saturated heterocycles. The molecule has 0 aliphatic carbocycles. The molecule has 1 aromatic heterocycles. The summed E-state index contributed by atoms with van der Waals surface area (Å²) in [5, 5.41) is 8.83. The van der Waals surface area contributed by atoms with E-state index in [2.05, 4.69) is 23.7 Å². The number of aromatic nitrogens is 1. The van der Waals surface area contributed by atoms with Crippen LogP contribution in [0.15, 0.2) is 12.3 Å². The molecule has 0 saturated carbocycles. The molecule has 1 atom stereocenters. The first-order valence-corrected chi connectivity index (χ1v) is 4.77. The van der Waals surface area contributed by atoms with Crippen LogP contribution in [0.2, 0.25) is 0 Å². The molecular formula is C10H12N2S. The predicted molar refractivity (Wildman–Crippen MR) is 55.7 cm³/mol. The van der Waals surface area contributed by atoms with E-state index < -0.39 is 0 Å². The highest BCUT2D eigenvalue weighted by Gasteiger charge is 2.07. The molecule has 1 heterocycles. The van der Waals surface area contributed by atoms with E-state index in [9.17, 15) is 0 Å². The van der Waals surface area contributed by atoms with Gasteiger partial charge in [-0.3, -0.25) is 4.98 Å². The van der Waals surface area contributed by atoms with Gasteiger partial charge in [0.05, 0.1) is 5.56 Å². The SMILES string of the molecule is CCc1ncc(C#N)cc1C(C)S. The van der Waals surface area contributed by atoms with E-state index >= 15 is 0 Å². The molecule has 0 aromatic carbocycles. The molecular weight excluding hydrogens is 180 g/mol. The summed E-state index contributed by atoms with van der Waals surface area (Å²) in [5.74, 6) is 0. The van der Waals surface area contributed by atoms with Crippen molar-refractivity contribution >= 4 is 12.6 Å². The smallest absolute Gasteiger partial charge is 0.101 e. The normalized spacial score (nSPS) is 12.2. The predicted octanol–water partition coefficient (Wildman–Crippen LogP) is 2.51. The fourth-order valence-electron chi connectivity index (χ4n) is 1.23. The number of hydrogen-bond donors (Lipinski definition) is 1. The lowest BCUT2D eigenvalue weighted by Crippen LogP contribution is -1.98. The molecule has 0 spiro atoms. The number of hydrogen-bond acceptors (Lipinski definition) is 3. The van der Waals surface area contributed by atoms with Crippen LogP contribution in [-0.2, 0) is 6.42 Å². The molecule has 2 nitrogen and oxygen atoms in total. The molecule has 68 valence electrons. The molecule has 0 N–H and O–H groups in total. The van der Waals surface area contributed by atoms with Gasteiger partial charge in [-0.2, -0.15) is 17.9 Å². The van der Waals surface area contributed by atoms with Gasteiger partial charge in [0, 0.05) is 17.1 Å². The first-order valence-electron chi connectivity index (χ1n) is 4.26. The highest BCUT2D eigenvalue weighted by molar-refractivity contribution is 7.80. The first-order chi connectivity index (χ1) is 6.19. The zero-order chi connectivity index (χ0) is 9.84. The summed E-state index contributed by atoms with van der Waals surface area (Å²) < 4.78 is 0. The van der Waals surface area contributed by atoms with E-state index in [0.29, 0.717) is 5.56 Å². The van der Waals surface area contributed by atoms with Gasteiger partial charge in [0.2, 0.25) is 0 Å². The fourth-order valence-corrected chi connectivity index (χ4v) is 1.45. The maximum absolute atomic E-state index is 8.69. The number of nitriles is 1. The van der Waals surface area contributed by atoms with Crippen molar-refractivity contribution in [3.63, 3.8) is 0 Å². The maximum Gasteiger partial charge on any atom is 0.101 e. The van der Waals surface area contributed by atoms with Gasteiger partial charge in [-0.25, -0.2) is 0 Å². The monoisotopic (exact) mass is 192 g/mol. The van der Waals surface area contributed by atoms with Crippen LogP contribution >= 0.6 is 12.6 Å². The van der Waals surface area contributed by atoms with E-state index in [-0.39, 0.29) is 5.25 Å². The standard InChI is InChI=1S/C10H12N2S/c1-3-10-9(7(2)13)4-8(5-11)6-12-10/h4,6-7,13H,3H2,1-2H3. The van der Waals surface area contributed by atoms with Gasteiger partial charge >= 0.3 is 0 Å². The minimum Gasteiger partial charge on any atom is -0.260 e. The number of pyridine rings is 1.